The highest BCUT2D eigenvalue weighted by molar-refractivity contribution is 6.08. The van der Waals surface area contributed by atoms with Gasteiger partial charge in [0.2, 0.25) is 11.6 Å². The minimum atomic E-state index is -1.09. The van der Waals surface area contributed by atoms with Crippen LogP contribution in [0, 0.1) is 5.92 Å². The highest BCUT2D eigenvalue weighted by Crippen LogP contribution is 2.23. The maximum atomic E-state index is 13.7. The van der Waals surface area contributed by atoms with E-state index in [0.29, 0.717) is 82.2 Å². The molecule has 0 radical (unpaired) electrons. The van der Waals surface area contributed by atoms with Crippen LogP contribution in [0.2, 0.25) is 0 Å². The number of carboxylic acid groups (broad SMARTS) is 1. The SMILES string of the molecule is C[C@H](CCNC(=O)c1nc(NC(=O)c2cc(NC(=O)c3cc(NC(=O)c4nccn4C)cn3C)cn2C)cn1C)C(=O)Cc1cc(C(=O)Cc2cn(C)c(C(=O)Cc3cc(C(=O)Cc4cc(C(=O)CCCC[NH+](C)CCCNC(=O)c5cccc(C(=O)O)c5)n(C)c4)n(C)c3)n2)n(C)c1. The van der Waals surface area contributed by atoms with Crippen LogP contribution in [-0.4, -0.2) is 154 Å². The molecule has 99 heavy (non-hydrogen) atoms. The Morgan fingerprint density at radius 1 is 0.475 bits per heavy atom. The number of imidazole rings is 3. The van der Waals surface area contributed by atoms with Crippen LogP contribution in [-0.2, 0) is 86.9 Å². The van der Waals surface area contributed by atoms with E-state index >= 15 is 0 Å². The molecule has 0 saturated carbocycles. The van der Waals surface area contributed by atoms with Crippen LogP contribution >= 0.6 is 0 Å². The zero-order valence-corrected chi connectivity index (χ0v) is 57.0. The maximum Gasteiger partial charge on any atom is 0.335 e. The van der Waals surface area contributed by atoms with E-state index in [-0.39, 0.29) is 107 Å². The number of amides is 5. The van der Waals surface area contributed by atoms with Gasteiger partial charge < -0.3 is 73.1 Å². The van der Waals surface area contributed by atoms with Gasteiger partial charge in [0.25, 0.3) is 29.5 Å². The van der Waals surface area contributed by atoms with Gasteiger partial charge in [-0.3, -0.25) is 47.9 Å². The van der Waals surface area contributed by atoms with Gasteiger partial charge >= 0.3 is 5.97 Å². The Labute approximate surface area is 570 Å². The third kappa shape index (κ3) is 18.1. The minimum absolute atomic E-state index is 0.00884. The molecule has 0 aliphatic carbocycles. The molecule has 1 aromatic carbocycles. The van der Waals surface area contributed by atoms with Crippen molar-refractivity contribution in [1.82, 2.24) is 62.1 Å². The molecular weight excluding hydrogens is 1270 g/mol. The molecule has 5 amide bonds. The summed E-state index contributed by atoms with van der Waals surface area (Å²) in [7, 11) is 15.5. The van der Waals surface area contributed by atoms with Gasteiger partial charge in [0.15, 0.2) is 34.8 Å². The summed E-state index contributed by atoms with van der Waals surface area (Å²) in [6.45, 7) is 3.98. The Hall–Kier alpha value is -11.6. The number of hydrogen-bond acceptors (Lipinski definition) is 14. The molecule has 1 unspecified atom stereocenters. The van der Waals surface area contributed by atoms with Crippen LogP contribution < -0.4 is 31.5 Å². The maximum absolute atomic E-state index is 13.7. The number of aryl methyl sites for hydroxylation is 8. The first-order chi connectivity index (χ1) is 47.1. The highest BCUT2D eigenvalue weighted by atomic mass is 16.4. The van der Waals surface area contributed by atoms with Gasteiger partial charge in [-0.05, 0) is 84.5 Å². The minimum Gasteiger partial charge on any atom is -0.478 e. The number of carbonyl (C=O) groups is 11. The Morgan fingerprint density at radius 3 is 1.63 bits per heavy atom. The van der Waals surface area contributed by atoms with E-state index in [1.807, 2.05) is 0 Å². The largest absolute Gasteiger partial charge is 0.478 e. The van der Waals surface area contributed by atoms with Crippen molar-refractivity contribution in [3.05, 3.63) is 190 Å². The third-order valence-corrected chi connectivity index (χ3v) is 17.1. The van der Waals surface area contributed by atoms with Crippen molar-refractivity contribution in [3.63, 3.8) is 0 Å². The number of ketones is 5. The number of aromatic carboxylic acids is 1. The first kappa shape index (κ1) is 71.7. The molecule has 7 N–H and O–H groups in total. The van der Waals surface area contributed by atoms with E-state index in [1.54, 1.807) is 158 Å². The average molecular weight is 1350 g/mol. The third-order valence-electron chi connectivity index (χ3n) is 17.1. The van der Waals surface area contributed by atoms with Gasteiger partial charge in [-0.25, -0.2) is 19.7 Å². The molecular formula is C70H82N17O12+. The predicted molar refractivity (Wildman–Crippen MR) is 365 cm³/mol. The molecule has 0 aliphatic rings. The summed E-state index contributed by atoms with van der Waals surface area (Å²) < 4.78 is 12.7. The van der Waals surface area contributed by atoms with Crippen molar-refractivity contribution < 1.29 is 62.7 Å². The molecule has 8 aromatic heterocycles. The van der Waals surface area contributed by atoms with E-state index in [2.05, 4.69) is 48.6 Å². The van der Waals surface area contributed by atoms with Gasteiger partial charge in [-0.1, -0.05) is 13.0 Å². The monoisotopic (exact) mass is 1350 g/mol. The Balaban J connectivity index is 0.674. The molecule has 9 rings (SSSR count). The second kappa shape index (κ2) is 31.5. The number of Topliss-reactive ketones (excluding diaryl/α,β-unsaturated/α-hetero) is 5. The number of benzene rings is 1. The van der Waals surface area contributed by atoms with Crippen LogP contribution in [0.15, 0.2) is 110 Å². The van der Waals surface area contributed by atoms with E-state index < -0.39 is 35.5 Å². The van der Waals surface area contributed by atoms with Crippen molar-refractivity contribution in [1.29, 1.82) is 0 Å². The Morgan fingerprint density at radius 2 is 1.01 bits per heavy atom. The van der Waals surface area contributed by atoms with Crippen molar-refractivity contribution in [2.24, 2.45) is 62.3 Å². The van der Waals surface area contributed by atoms with Crippen molar-refractivity contribution in [3.8, 4) is 0 Å². The Bertz CT molecular complexity index is 4590. The van der Waals surface area contributed by atoms with Crippen LogP contribution in [0.4, 0.5) is 17.2 Å². The van der Waals surface area contributed by atoms with Crippen molar-refractivity contribution in [2.45, 2.75) is 64.7 Å². The van der Waals surface area contributed by atoms with E-state index in [0.717, 1.165) is 25.9 Å². The number of hydrogen-bond donors (Lipinski definition) is 7. The van der Waals surface area contributed by atoms with Crippen LogP contribution in [0.5, 0.6) is 0 Å². The topological polar surface area (TPSA) is 351 Å². The van der Waals surface area contributed by atoms with Crippen molar-refractivity contribution in [2.75, 3.05) is 49.2 Å². The molecule has 9 aromatic rings. The van der Waals surface area contributed by atoms with Gasteiger partial charge in [0.05, 0.1) is 66.3 Å². The second-order valence-corrected chi connectivity index (χ2v) is 25.2. The van der Waals surface area contributed by atoms with Gasteiger partial charge in [-0.15, -0.1) is 0 Å². The lowest BCUT2D eigenvalue weighted by atomic mass is 9.97. The summed E-state index contributed by atoms with van der Waals surface area (Å²) >= 11 is 0. The molecule has 0 fully saturated rings. The average Bonchev–Trinajstić information content (AvgIpc) is 1.69. The zero-order chi connectivity index (χ0) is 71.5. The summed E-state index contributed by atoms with van der Waals surface area (Å²) in [5, 5.41) is 23.0. The molecule has 0 aliphatic heterocycles. The molecule has 2 atom stereocenters. The standard InChI is InChI=1S/C70H81N17O12/c1-42(18-20-73-68(96)64-77-61(41-87(64)10)78-67(95)55-32-48(38-85(55)8)75-66(94)54-33-49(39-84(54)7)76-69(97)63-71-21-24-80(63)3)57(89)28-43-26-53(83(6)35-43)59(91)34-50-40-86(9)62(74-50)60(92)30-45-27-52(82(5)37-45)58(90)29-44-25-51(81(4)36-44)56(88)17-11-12-22-79(2)23-14-19-72-65(93)46-15-13-16-47(31-46)70(98)99/h13,15-16,21,24-27,31-33,35-42H,11-12,14,17-20,22-23,28-30,34H2,1-10H3,(H,72,93)(H,73,96)(H,75,94)(H,76,97)(H,78,95)(H,98,99)/p+1/t42-/m1/s1. The fourth-order valence-electron chi connectivity index (χ4n) is 11.8. The molecule has 29 nitrogen and oxygen atoms in total. The lowest BCUT2D eigenvalue weighted by Crippen LogP contribution is -3.09. The first-order valence-electron chi connectivity index (χ1n) is 32.2. The summed E-state index contributed by atoms with van der Waals surface area (Å²) in [6.07, 6.45) is 17.4. The molecule has 29 heteroatoms. The number of anilines is 3. The molecule has 518 valence electrons. The smallest absolute Gasteiger partial charge is 0.335 e. The number of nitrogens with zero attached hydrogens (tertiary/aromatic N) is 11. The van der Waals surface area contributed by atoms with Gasteiger partial charge in [-0.2, -0.15) is 0 Å². The lowest BCUT2D eigenvalue weighted by molar-refractivity contribution is -0.879. The summed E-state index contributed by atoms with van der Waals surface area (Å²) in [6, 6.07) is 14.0. The number of rotatable bonds is 34. The number of carboxylic acids is 1. The number of aromatic nitrogens is 11. The Kier molecular flexibility index (Phi) is 22.8. The van der Waals surface area contributed by atoms with Gasteiger partial charge in [0.1, 0.15) is 17.2 Å². The number of unbranched alkanes of at least 4 members (excludes halogenated alkanes) is 1. The predicted octanol–water partition coefficient (Wildman–Crippen LogP) is 4.57. The fourth-order valence-corrected chi connectivity index (χ4v) is 11.8. The summed E-state index contributed by atoms with van der Waals surface area (Å²) in [5.74, 6) is -4.38. The molecule has 0 bridgehead atoms. The normalized spacial score (nSPS) is 11.9. The van der Waals surface area contributed by atoms with Crippen LogP contribution in [0.1, 0.15) is 166 Å². The van der Waals surface area contributed by atoms with Gasteiger partial charge in [0, 0.05) is 169 Å². The van der Waals surface area contributed by atoms with Crippen LogP contribution in [0.3, 0.4) is 0 Å². The zero-order valence-electron chi connectivity index (χ0n) is 57.0. The van der Waals surface area contributed by atoms with E-state index in [9.17, 15) is 57.8 Å². The summed E-state index contributed by atoms with van der Waals surface area (Å²) in [4.78, 5) is 158. The molecule has 8 heterocycles. The van der Waals surface area contributed by atoms with Crippen LogP contribution in [0.25, 0.3) is 0 Å². The van der Waals surface area contributed by atoms with E-state index in [1.165, 1.54) is 56.8 Å². The fraction of sp³-hybridized carbons (Fsp3) is 0.343. The lowest BCUT2D eigenvalue weighted by Gasteiger charge is -2.14. The number of carbonyl (C=O) groups excluding carboxylic acids is 10. The van der Waals surface area contributed by atoms with Crippen molar-refractivity contribution >= 4 is 81.6 Å². The highest BCUT2D eigenvalue weighted by Gasteiger charge is 2.26. The summed E-state index contributed by atoms with van der Waals surface area (Å²) in [5.41, 5.74) is 5.02. The second-order valence-electron chi connectivity index (χ2n) is 25.2. The van der Waals surface area contributed by atoms with E-state index in [4.69, 9.17) is 0 Å². The number of quaternary nitrogens is 1. The number of nitrogens with one attached hydrogen (secondary N) is 6. The molecule has 0 spiro atoms. The quantitative estimate of drug-likeness (QED) is 0.0215. The first-order valence-corrected chi connectivity index (χ1v) is 32.2. The molecule has 0 saturated heterocycles.